The van der Waals surface area contributed by atoms with Gasteiger partial charge in [0.15, 0.2) is 11.7 Å². The lowest BCUT2D eigenvalue weighted by atomic mass is 10.1. The second kappa shape index (κ2) is 8.71. The summed E-state index contributed by atoms with van der Waals surface area (Å²) in [5.41, 5.74) is 4.33. The zero-order chi connectivity index (χ0) is 20.3. The van der Waals surface area contributed by atoms with E-state index in [1.165, 1.54) is 11.1 Å². The average molecular weight is 398 g/mol. The number of thiazole rings is 1. The Morgan fingerprint density at radius 3 is 2.54 bits per heavy atom. The molecule has 0 radical (unpaired) electrons. The van der Waals surface area contributed by atoms with E-state index in [2.05, 4.69) is 30.9 Å². The largest absolute Gasteiger partial charge is 0.483 e. The number of anilines is 1. The highest BCUT2D eigenvalue weighted by atomic mass is 32.1. The Kier molecular flexibility index (Phi) is 6.31. The van der Waals surface area contributed by atoms with Gasteiger partial charge >= 0.3 is 0 Å². The molecule has 3 rings (SSSR count). The van der Waals surface area contributed by atoms with Gasteiger partial charge in [-0.2, -0.15) is 0 Å². The maximum atomic E-state index is 13.0. The first-order valence-corrected chi connectivity index (χ1v) is 10.2. The van der Waals surface area contributed by atoms with Crippen LogP contribution in [0.4, 0.5) is 5.13 Å². The van der Waals surface area contributed by atoms with Crippen molar-refractivity contribution in [2.24, 2.45) is 0 Å². The molecule has 28 heavy (non-hydrogen) atoms. The van der Waals surface area contributed by atoms with Crippen LogP contribution in [0.3, 0.4) is 0 Å². The van der Waals surface area contributed by atoms with Gasteiger partial charge in [-0.15, -0.1) is 0 Å². The Hall–Kier alpha value is -2.44. The van der Waals surface area contributed by atoms with E-state index in [9.17, 15) is 4.79 Å². The molecule has 2 aromatic carbocycles. The predicted molar refractivity (Wildman–Crippen MR) is 117 cm³/mol. The monoisotopic (exact) mass is 397 g/mol. The number of ether oxygens (including phenoxy) is 1. The summed E-state index contributed by atoms with van der Waals surface area (Å²) in [6.45, 7) is 7.44. The molecule has 1 aromatic heterocycles. The number of carbonyl (C=O) groups excluding carboxylic acids is 1. The second-order valence-electron chi connectivity index (χ2n) is 7.33. The van der Waals surface area contributed by atoms with Crippen LogP contribution >= 0.6 is 11.3 Å². The van der Waals surface area contributed by atoms with Gasteiger partial charge in [0.05, 0.1) is 10.2 Å². The molecule has 0 aliphatic heterocycles. The normalized spacial score (nSPS) is 11.2. The van der Waals surface area contributed by atoms with E-state index in [-0.39, 0.29) is 12.5 Å². The van der Waals surface area contributed by atoms with Crippen LogP contribution in [-0.2, 0) is 4.79 Å². The molecule has 1 amide bonds. The van der Waals surface area contributed by atoms with Crippen LogP contribution in [0.2, 0.25) is 0 Å². The van der Waals surface area contributed by atoms with E-state index in [0.717, 1.165) is 33.2 Å². The first-order valence-electron chi connectivity index (χ1n) is 9.36. The third-order valence-corrected chi connectivity index (χ3v) is 5.79. The first kappa shape index (κ1) is 20.3. The lowest BCUT2D eigenvalue weighted by molar-refractivity contribution is -0.120. The lowest BCUT2D eigenvalue weighted by Crippen LogP contribution is -2.39. The van der Waals surface area contributed by atoms with Crippen molar-refractivity contribution in [2.75, 3.05) is 38.7 Å². The minimum Gasteiger partial charge on any atom is -0.483 e. The highest BCUT2D eigenvalue weighted by molar-refractivity contribution is 7.22. The summed E-state index contributed by atoms with van der Waals surface area (Å²) in [6, 6.07) is 11.9. The smallest absolute Gasteiger partial charge is 0.266 e. The van der Waals surface area contributed by atoms with Gasteiger partial charge in [0, 0.05) is 13.1 Å². The molecule has 3 aromatic rings. The minimum atomic E-state index is -0.0847. The van der Waals surface area contributed by atoms with E-state index in [1.54, 1.807) is 16.2 Å². The number of aromatic nitrogens is 1. The number of hydrogen-bond acceptors (Lipinski definition) is 5. The van der Waals surface area contributed by atoms with Crippen molar-refractivity contribution in [3.63, 3.8) is 0 Å². The summed E-state index contributed by atoms with van der Waals surface area (Å²) in [5, 5.41) is 0.726. The molecule has 0 fully saturated rings. The molecule has 0 aliphatic carbocycles. The van der Waals surface area contributed by atoms with Crippen molar-refractivity contribution in [3.8, 4) is 5.75 Å². The Morgan fingerprint density at radius 2 is 1.82 bits per heavy atom. The number of rotatable bonds is 7. The van der Waals surface area contributed by atoms with Crippen molar-refractivity contribution in [3.05, 3.63) is 53.1 Å². The SMILES string of the molecule is Cc1cc(C)c2sc(N(CCN(C)C)C(=O)COc3ccccc3C)nc2c1. The van der Waals surface area contributed by atoms with Crippen LogP contribution in [0.15, 0.2) is 36.4 Å². The zero-order valence-corrected chi connectivity index (χ0v) is 18.0. The van der Waals surface area contributed by atoms with Crippen molar-refractivity contribution >= 4 is 32.6 Å². The molecule has 0 aliphatic rings. The molecule has 0 unspecified atom stereocenters. The van der Waals surface area contributed by atoms with E-state index in [1.807, 2.05) is 45.3 Å². The van der Waals surface area contributed by atoms with E-state index in [0.29, 0.717) is 6.54 Å². The fourth-order valence-corrected chi connectivity index (χ4v) is 4.10. The van der Waals surface area contributed by atoms with E-state index < -0.39 is 0 Å². The van der Waals surface area contributed by atoms with Crippen LogP contribution in [0.5, 0.6) is 5.75 Å². The predicted octanol–water partition coefficient (Wildman–Crippen LogP) is 4.20. The number of para-hydroxylation sites is 1. The standard InChI is InChI=1S/C22H27N3O2S/c1-15-12-17(3)21-18(13-15)23-22(28-21)25(11-10-24(4)5)20(26)14-27-19-9-7-6-8-16(19)2/h6-9,12-13H,10-11,14H2,1-5H3. The van der Waals surface area contributed by atoms with Gasteiger partial charge in [0.2, 0.25) is 0 Å². The van der Waals surface area contributed by atoms with Crippen LogP contribution in [0, 0.1) is 20.8 Å². The second-order valence-corrected chi connectivity index (χ2v) is 8.31. The van der Waals surface area contributed by atoms with Gasteiger partial charge in [0.25, 0.3) is 5.91 Å². The molecule has 0 N–H and O–H groups in total. The molecule has 0 spiro atoms. The summed E-state index contributed by atoms with van der Waals surface area (Å²) in [4.78, 5) is 21.6. The number of fused-ring (bicyclic) bond motifs is 1. The Morgan fingerprint density at radius 1 is 1.07 bits per heavy atom. The number of nitrogens with zero attached hydrogens (tertiary/aromatic N) is 3. The maximum absolute atomic E-state index is 13.0. The van der Waals surface area contributed by atoms with E-state index >= 15 is 0 Å². The maximum Gasteiger partial charge on any atom is 0.266 e. The highest BCUT2D eigenvalue weighted by Crippen LogP contribution is 2.32. The van der Waals surface area contributed by atoms with Gasteiger partial charge in [-0.05, 0) is 63.7 Å². The average Bonchev–Trinajstić information content (AvgIpc) is 3.05. The zero-order valence-electron chi connectivity index (χ0n) is 17.2. The number of amides is 1. The van der Waals surface area contributed by atoms with Crippen LogP contribution < -0.4 is 9.64 Å². The minimum absolute atomic E-state index is 0.00772. The van der Waals surface area contributed by atoms with Gasteiger partial charge < -0.3 is 9.64 Å². The third-order valence-electron chi connectivity index (χ3n) is 4.56. The lowest BCUT2D eigenvalue weighted by Gasteiger charge is -2.22. The molecule has 0 bridgehead atoms. The summed E-state index contributed by atoms with van der Waals surface area (Å²) in [5.74, 6) is 0.651. The van der Waals surface area contributed by atoms with Gasteiger partial charge in [-0.1, -0.05) is 35.6 Å². The van der Waals surface area contributed by atoms with Gasteiger partial charge in [0.1, 0.15) is 5.75 Å². The molecule has 5 nitrogen and oxygen atoms in total. The molecule has 1 heterocycles. The molecular weight excluding hydrogens is 370 g/mol. The molecule has 0 atom stereocenters. The summed E-state index contributed by atoms with van der Waals surface area (Å²) >= 11 is 1.57. The Labute approximate surface area is 170 Å². The van der Waals surface area contributed by atoms with Crippen LogP contribution in [0.1, 0.15) is 16.7 Å². The van der Waals surface area contributed by atoms with Crippen molar-refractivity contribution in [1.82, 2.24) is 9.88 Å². The van der Waals surface area contributed by atoms with Crippen molar-refractivity contribution in [2.45, 2.75) is 20.8 Å². The number of carbonyl (C=O) groups is 1. The number of benzene rings is 2. The summed E-state index contributed by atoms with van der Waals surface area (Å²) in [6.07, 6.45) is 0. The number of likely N-dealkylation sites (N-methyl/N-ethyl adjacent to an activating group) is 1. The Balaban J connectivity index is 1.85. The number of aryl methyl sites for hydroxylation is 3. The molecule has 148 valence electrons. The fraction of sp³-hybridized carbons (Fsp3) is 0.364. The topological polar surface area (TPSA) is 45.7 Å². The third kappa shape index (κ3) is 4.69. The van der Waals surface area contributed by atoms with Crippen LogP contribution in [0.25, 0.3) is 10.2 Å². The highest BCUT2D eigenvalue weighted by Gasteiger charge is 2.21. The molecular formula is C22H27N3O2S. The van der Waals surface area contributed by atoms with Gasteiger partial charge in [-0.3, -0.25) is 9.69 Å². The quantitative estimate of drug-likeness (QED) is 0.600. The van der Waals surface area contributed by atoms with Crippen molar-refractivity contribution < 1.29 is 9.53 Å². The molecule has 0 saturated heterocycles. The van der Waals surface area contributed by atoms with Crippen LogP contribution in [-0.4, -0.2) is 49.6 Å². The fourth-order valence-electron chi connectivity index (χ4n) is 3.04. The molecule has 0 saturated carbocycles. The molecule has 6 heteroatoms. The summed E-state index contributed by atoms with van der Waals surface area (Å²) in [7, 11) is 4.00. The van der Waals surface area contributed by atoms with Gasteiger partial charge in [-0.25, -0.2) is 4.98 Å². The number of hydrogen-bond donors (Lipinski definition) is 0. The summed E-state index contributed by atoms with van der Waals surface area (Å²) < 4.78 is 6.92. The van der Waals surface area contributed by atoms with Crippen molar-refractivity contribution in [1.29, 1.82) is 0 Å². The van der Waals surface area contributed by atoms with E-state index in [4.69, 9.17) is 9.72 Å². The Bertz CT molecular complexity index is 981. The first-order chi connectivity index (χ1) is 13.3.